The lowest BCUT2D eigenvalue weighted by Gasteiger charge is -2.30. The predicted octanol–water partition coefficient (Wildman–Crippen LogP) is 5.84. The van der Waals surface area contributed by atoms with Crippen LogP contribution in [0.2, 0.25) is 0 Å². The molecule has 3 aromatic rings. The third-order valence-electron chi connectivity index (χ3n) is 6.93. The van der Waals surface area contributed by atoms with Gasteiger partial charge in [-0.2, -0.15) is 0 Å². The van der Waals surface area contributed by atoms with Crippen molar-refractivity contribution >= 4 is 30.2 Å². The van der Waals surface area contributed by atoms with Gasteiger partial charge in [-0.05, 0) is 48.6 Å². The van der Waals surface area contributed by atoms with Gasteiger partial charge < -0.3 is 22.4 Å². The van der Waals surface area contributed by atoms with Crippen LogP contribution in [0.4, 0.5) is 23.4 Å². The Morgan fingerprint density at radius 1 is 0.889 bits per heavy atom. The third kappa shape index (κ3) is 4.12. The highest BCUT2D eigenvalue weighted by Gasteiger charge is 2.36. The number of nitrogens with zero attached hydrogens (tertiary/aromatic N) is 1. The first-order valence-corrected chi connectivity index (χ1v) is 11.5. The van der Waals surface area contributed by atoms with Crippen LogP contribution >= 0.6 is 0 Å². The smallest absolute Gasteiger partial charge is 0.465 e. The van der Waals surface area contributed by atoms with E-state index < -0.39 is 24.5 Å². The molecule has 0 saturated heterocycles. The number of benzene rings is 3. The number of carbonyl (C=O) groups is 2. The fourth-order valence-electron chi connectivity index (χ4n) is 5.41. The number of ether oxygens (including phenoxy) is 2. The van der Waals surface area contributed by atoms with Gasteiger partial charge in [-0.15, -0.1) is 0 Å². The number of esters is 1. The molecule has 9 heteroatoms. The Morgan fingerprint density at radius 2 is 1.42 bits per heavy atom. The van der Waals surface area contributed by atoms with Gasteiger partial charge in [0.15, 0.2) is 0 Å². The number of hydrogen-bond acceptors (Lipinski definition) is 4. The lowest BCUT2D eigenvalue weighted by atomic mass is 9.71. The average Bonchev–Trinajstić information content (AvgIpc) is 3.15. The van der Waals surface area contributed by atoms with Crippen LogP contribution in [0, 0.1) is 20.8 Å². The fourth-order valence-corrected chi connectivity index (χ4v) is 5.41. The van der Waals surface area contributed by atoms with Gasteiger partial charge in [-0.25, -0.2) is 9.59 Å². The van der Waals surface area contributed by atoms with Crippen LogP contribution in [-0.4, -0.2) is 39.8 Å². The first kappa shape index (κ1) is 25.4. The van der Waals surface area contributed by atoms with Crippen molar-refractivity contribution < 1.29 is 32.0 Å². The van der Waals surface area contributed by atoms with E-state index in [1.807, 2.05) is 48.5 Å². The van der Waals surface area contributed by atoms with Crippen molar-refractivity contribution in [3.8, 4) is 11.1 Å². The second-order valence-corrected chi connectivity index (χ2v) is 8.94. The second-order valence-electron chi connectivity index (χ2n) is 8.94. The van der Waals surface area contributed by atoms with E-state index in [-0.39, 0.29) is 40.5 Å². The zero-order chi connectivity index (χ0) is 26.4. The quantitative estimate of drug-likeness (QED) is 0.329. The molecule has 0 aliphatic heterocycles. The number of rotatable bonds is 5. The Hall–Kier alpha value is -3.75. The molecule has 0 spiro atoms. The molecule has 0 saturated carbocycles. The molecule has 1 amide bonds. The molecule has 0 bridgehead atoms. The van der Waals surface area contributed by atoms with Gasteiger partial charge in [0.2, 0.25) is 0 Å². The third-order valence-corrected chi connectivity index (χ3v) is 6.93. The monoisotopic (exact) mass is 496 g/mol. The number of methoxy groups -OCH3 is 1. The summed E-state index contributed by atoms with van der Waals surface area (Å²) in [5, 5.41) is 0. The van der Waals surface area contributed by atoms with E-state index in [0.717, 1.165) is 34.3 Å². The summed E-state index contributed by atoms with van der Waals surface area (Å²) in [5.74, 6) is -1.09. The van der Waals surface area contributed by atoms with E-state index in [0.29, 0.717) is 0 Å². The van der Waals surface area contributed by atoms with Crippen LogP contribution in [0.5, 0.6) is 0 Å². The van der Waals surface area contributed by atoms with Crippen LogP contribution in [-0.2, 0) is 9.47 Å². The lowest BCUT2D eigenvalue weighted by Crippen LogP contribution is -2.42. The van der Waals surface area contributed by atoms with E-state index in [1.165, 1.54) is 27.8 Å². The molecule has 0 atom stereocenters. The number of hydrogen-bond donors (Lipinski definition) is 0. The van der Waals surface area contributed by atoms with Crippen molar-refractivity contribution in [2.45, 2.75) is 26.7 Å². The molecule has 188 valence electrons. The number of fused-ring (bicyclic) bond motifs is 3. The highest BCUT2D eigenvalue weighted by Crippen LogP contribution is 2.44. The Balaban J connectivity index is 1.69. The van der Waals surface area contributed by atoms with Crippen molar-refractivity contribution in [2.75, 3.05) is 25.7 Å². The number of carbonyl (C=O) groups excluding carboxylic acids is 2. The van der Waals surface area contributed by atoms with Crippen molar-refractivity contribution in [3.05, 3.63) is 81.9 Å². The minimum absolute atomic E-state index is 0.0150. The summed E-state index contributed by atoms with van der Waals surface area (Å²) in [6.45, 7) is -1.40. The van der Waals surface area contributed by atoms with Crippen LogP contribution in [0.25, 0.3) is 11.1 Å². The standard InChI is InChI=1S/C27H26BF3NO4/c1-15-23(26(33)35-5)16(2)25(17(3)24(15)28(29,30)31)32(4)27(34)36-14-22-20-12-8-6-10-18(20)19-11-7-9-13-21(19)22/h6-13,22H,14H2,1-5H3/q-1. The molecular formula is C27H26BF3NO4-. The van der Waals surface area contributed by atoms with Crippen molar-refractivity contribution in [3.63, 3.8) is 0 Å². The predicted molar refractivity (Wildman–Crippen MR) is 134 cm³/mol. The summed E-state index contributed by atoms with van der Waals surface area (Å²) >= 11 is 0. The van der Waals surface area contributed by atoms with Crippen LogP contribution in [0.15, 0.2) is 48.5 Å². The first-order chi connectivity index (χ1) is 17.0. The lowest BCUT2D eigenvalue weighted by molar-refractivity contribution is 0.0599. The molecule has 0 radical (unpaired) electrons. The molecule has 0 fully saturated rings. The highest BCUT2D eigenvalue weighted by atomic mass is 19.4. The zero-order valence-corrected chi connectivity index (χ0v) is 20.7. The summed E-state index contributed by atoms with van der Waals surface area (Å²) in [4.78, 5) is 26.6. The molecule has 0 unspecified atom stereocenters. The second kappa shape index (κ2) is 9.37. The van der Waals surface area contributed by atoms with E-state index in [4.69, 9.17) is 9.47 Å². The summed E-state index contributed by atoms with van der Waals surface area (Å²) in [5.41, 5.74) is 2.90. The van der Waals surface area contributed by atoms with Gasteiger partial charge in [0.05, 0.1) is 18.4 Å². The maximum atomic E-state index is 14.0. The van der Waals surface area contributed by atoms with Crippen LogP contribution < -0.4 is 10.4 Å². The Kier molecular flexibility index (Phi) is 6.60. The number of amides is 1. The topological polar surface area (TPSA) is 55.8 Å². The summed E-state index contributed by atoms with van der Waals surface area (Å²) in [6, 6.07) is 15.7. The van der Waals surface area contributed by atoms with Gasteiger partial charge in [-0.3, -0.25) is 4.90 Å². The van der Waals surface area contributed by atoms with Crippen molar-refractivity contribution in [1.29, 1.82) is 0 Å². The Labute approximate surface area is 207 Å². The zero-order valence-electron chi connectivity index (χ0n) is 20.7. The van der Waals surface area contributed by atoms with Crippen LogP contribution in [0.3, 0.4) is 0 Å². The fraction of sp³-hybridized carbons (Fsp3) is 0.259. The molecule has 0 N–H and O–H groups in total. The molecule has 1 aliphatic carbocycles. The molecule has 36 heavy (non-hydrogen) atoms. The van der Waals surface area contributed by atoms with Gasteiger partial charge in [-0.1, -0.05) is 65.1 Å². The summed E-state index contributed by atoms with van der Waals surface area (Å²) < 4.78 is 52.5. The highest BCUT2D eigenvalue weighted by molar-refractivity contribution is 6.74. The first-order valence-electron chi connectivity index (χ1n) is 11.5. The Bertz CT molecular complexity index is 1320. The van der Waals surface area contributed by atoms with Gasteiger partial charge in [0, 0.05) is 13.0 Å². The van der Waals surface area contributed by atoms with Crippen molar-refractivity contribution in [1.82, 2.24) is 0 Å². The number of halogens is 3. The number of anilines is 1. The van der Waals surface area contributed by atoms with E-state index in [1.54, 1.807) is 0 Å². The normalized spacial score (nSPS) is 12.7. The van der Waals surface area contributed by atoms with E-state index in [9.17, 15) is 22.5 Å². The van der Waals surface area contributed by atoms with Gasteiger partial charge in [0.1, 0.15) is 6.61 Å². The molecule has 0 aromatic heterocycles. The molecule has 0 heterocycles. The molecule has 5 nitrogen and oxygen atoms in total. The minimum Gasteiger partial charge on any atom is -0.465 e. The SMILES string of the molecule is COC(=O)c1c(C)c(N(C)C(=O)OCC2c3ccccc3-c3ccccc32)c(C)c([B-](F)(F)F)c1C. The van der Waals surface area contributed by atoms with Gasteiger partial charge in [0.25, 0.3) is 0 Å². The van der Waals surface area contributed by atoms with Crippen molar-refractivity contribution in [2.24, 2.45) is 0 Å². The maximum Gasteiger partial charge on any atom is 0.510 e. The van der Waals surface area contributed by atoms with E-state index >= 15 is 0 Å². The van der Waals surface area contributed by atoms with Gasteiger partial charge >= 0.3 is 19.0 Å². The molecule has 1 aliphatic rings. The largest absolute Gasteiger partial charge is 0.510 e. The average molecular weight is 496 g/mol. The molecule has 3 aromatic carbocycles. The van der Waals surface area contributed by atoms with Crippen LogP contribution in [0.1, 0.15) is 44.1 Å². The summed E-state index contributed by atoms with van der Waals surface area (Å²) in [6.07, 6.45) is -0.816. The summed E-state index contributed by atoms with van der Waals surface area (Å²) in [7, 11) is 2.45. The Morgan fingerprint density at radius 3 is 1.92 bits per heavy atom. The maximum absolute atomic E-state index is 14.0. The minimum atomic E-state index is -5.46. The molecular weight excluding hydrogens is 470 g/mol. The van der Waals surface area contributed by atoms with E-state index in [2.05, 4.69) is 0 Å². The molecule has 4 rings (SSSR count).